The van der Waals surface area contributed by atoms with E-state index >= 15 is 0 Å². The standard InChI is InChI=1S/C7H11N3/c1-6(8)7(2)10-4-3-9-5-10/h3-6H,2,8H2,1H3. The summed E-state index contributed by atoms with van der Waals surface area (Å²) in [6.07, 6.45) is 5.21. The van der Waals surface area contributed by atoms with E-state index in [-0.39, 0.29) is 6.04 Å². The molecule has 3 nitrogen and oxygen atoms in total. The fraction of sp³-hybridized carbons (Fsp3) is 0.286. The van der Waals surface area contributed by atoms with E-state index in [9.17, 15) is 0 Å². The summed E-state index contributed by atoms with van der Waals surface area (Å²) < 4.78 is 1.81. The number of hydrogen-bond acceptors (Lipinski definition) is 2. The molecule has 0 saturated heterocycles. The predicted molar refractivity (Wildman–Crippen MR) is 41.2 cm³/mol. The third-order valence-corrected chi connectivity index (χ3v) is 1.36. The molecule has 0 fully saturated rings. The van der Waals surface area contributed by atoms with E-state index < -0.39 is 0 Å². The highest BCUT2D eigenvalue weighted by atomic mass is 15.0. The molecule has 1 heterocycles. The summed E-state index contributed by atoms with van der Waals surface area (Å²) in [4.78, 5) is 3.87. The number of nitrogens with two attached hydrogens (primary N) is 1. The van der Waals surface area contributed by atoms with Gasteiger partial charge in [-0.25, -0.2) is 4.98 Å². The molecule has 0 aromatic carbocycles. The van der Waals surface area contributed by atoms with Crippen LogP contribution in [0.5, 0.6) is 0 Å². The molecule has 54 valence electrons. The third-order valence-electron chi connectivity index (χ3n) is 1.36. The predicted octanol–water partition coefficient (Wildman–Crippen LogP) is 0.701. The zero-order valence-corrected chi connectivity index (χ0v) is 5.99. The van der Waals surface area contributed by atoms with Crippen LogP contribution in [0, 0.1) is 0 Å². The Hall–Kier alpha value is -1.09. The molecule has 0 aliphatic rings. The molecule has 2 N–H and O–H groups in total. The SMILES string of the molecule is C=C(C(C)N)n1ccnc1. The molecule has 0 radical (unpaired) electrons. The Morgan fingerprint density at radius 2 is 2.50 bits per heavy atom. The van der Waals surface area contributed by atoms with Crippen molar-refractivity contribution >= 4 is 5.70 Å². The molecule has 0 amide bonds. The fourth-order valence-corrected chi connectivity index (χ4v) is 0.664. The molecule has 3 heteroatoms. The normalized spacial score (nSPS) is 13.0. The number of hydrogen-bond donors (Lipinski definition) is 1. The first-order valence-corrected chi connectivity index (χ1v) is 3.14. The van der Waals surface area contributed by atoms with Gasteiger partial charge in [0, 0.05) is 24.1 Å². The Morgan fingerprint density at radius 1 is 1.80 bits per heavy atom. The number of imidazole rings is 1. The first-order chi connectivity index (χ1) is 4.72. The van der Waals surface area contributed by atoms with Crippen molar-refractivity contribution in [3.8, 4) is 0 Å². The van der Waals surface area contributed by atoms with Gasteiger partial charge in [0.15, 0.2) is 0 Å². The van der Waals surface area contributed by atoms with Crippen LogP contribution in [0.2, 0.25) is 0 Å². The quantitative estimate of drug-likeness (QED) is 0.652. The van der Waals surface area contributed by atoms with Crippen LogP contribution in [0.1, 0.15) is 6.92 Å². The highest BCUT2D eigenvalue weighted by molar-refractivity contribution is 5.45. The van der Waals surface area contributed by atoms with E-state index in [1.807, 2.05) is 17.7 Å². The van der Waals surface area contributed by atoms with Crippen molar-refractivity contribution in [2.45, 2.75) is 13.0 Å². The second kappa shape index (κ2) is 2.66. The maximum Gasteiger partial charge on any atom is 0.0989 e. The van der Waals surface area contributed by atoms with Crippen LogP contribution >= 0.6 is 0 Å². The second-order valence-corrected chi connectivity index (χ2v) is 2.25. The average molecular weight is 137 g/mol. The zero-order chi connectivity index (χ0) is 7.56. The van der Waals surface area contributed by atoms with E-state index in [0.717, 1.165) is 5.70 Å². The molecule has 0 aliphatic heterocycles. The average Bonchev–Trinajstić information content (AvgIpc) is 2.36. The van der Waals surface area contributed by atoms with Gasteiger partial charge in [0.1, 0.15) is 0 Å². The Morgan fingerprint density at radius 3 is 2.90 bits per heavy atom. The minimum atomic E-state index is -0.0193. The fourth-order valence-electron chi connectivity index (χ4n) is 0.664. The van der Waals surface area contributed by atoms with Crippen molar-refractivity contribution in [3.05, 3.63) is 25.3 Å². The monoisotopic (exact) mass is 137 g/mol. The van der Waals surface area contributed by atoms with Gasteiger partial charge in [-0.3, -0.25) is 0 Å². The van der Waals surface area contributed by atoms with Gasteiger partial charge in [-0.05, 0) is 6.92 Å². The van der Waals surface area contributed by atoms with Gasteiger partial charge in [0.25, 0.3) is 0 Å². The summed E-state index contributed by atoms with van der Waals surface area (Å²) in [6.45, 7) is 5.69. The van der Waals surface area contributed by atoms with E-state index in [2.05, 4.69) is 11.6 Å². The van der Waals surface area contributed by atoms with Crippen molar-refractivity contribution in [2.24, 2.45) is 5.73 Å². The van der Waals surface area contributed by atoms with E-state index in [1.54, 1.807) is 12.5 Å². The molecule has 1 rings (SSSR count). The topological polar surface area (TPSA) is 43.8 Å². The van der Waals surface area contributed by atoms with Gasteiger partial charge in [0.05, 0.1) is 6.33 Å². The third kappa shape index (κ3) is 1.25. The van der Waals surface area contributed by atoms with Crippen LogP contribution in [0.3, 0.4) is 0 Å². The number of nitrogens with zero attached hydrogens (tertiary/aromatic N) is 2. The van der Waals surface area contributed by atoms with Crippen LogP contribution in [0.25, 0.3) is 5.70 Å². The van der Waals surface area contributed by atoms with Gasteiger partial charge in [-0.1, -0.05) is 6.58 Å². The summed E-state index contributed by atoms with van der Waals surface area (Å²) in [5.74, 6) is 0. The number of rotatable bonds is 2. The van der Waals surface area contributed by atoms with Crippen molar-refractivity contribution in [2.75, 3.05) is 0 Å². The minimum absolute atomic E-state index is 0.0193. The first-order valence-electron chi connectivity index (χ1n) is 3.14. The highest BCUT2D eigenvalue weighted by Crippen LogP contribution is 2.02. The molecule has 1 atom stereocenters. The molecular formula is C7H11N3. The largest absolute Gasteiger partial charge is 0.323 e. The van der Waals surface area contributed by atoms with Gasteiger partial charge < -0.3 is 10.3 Å². The van der Waals surface area contributed by atoms with Gasteiger partial charge in [-0.15, -0.1) is 0 Å². The lowest BCUT2D eigenvalue weighted by atomic mass is 10.3. The summed E-state index contributed by atoms with van der Waals surface area (Å²) in [6, 6.07) is -0.0193. The maximum atomic E-state index is 5.58. The molecule has 0 saturated carbocycles. The van der Waals surface area contributed by atoms with Crippen molar-refractivity contribution < 1.29 is 0 Å². The molecule has 10 heavy (non-hydrogen) atoms. The number of aromatic nitrogens is 2. The lowest BCUT2D eigenvalue weighted by molar-refractivity contribution is 0.869. The molecule has 0 spiro atoms. The first kappa shape index (κ1) is 7.02. The lowest BCUT2D eigenvalue weighted by Crippen LogP contribution is -2.19. The van der Waals surface area contributed by atoms with Crippen LogP contribution in [-0.2, 0) is 0 Å². The lowest BCUT2D eigenvalue weighted by Gasteiger charge is -2.08. The van der Waals surface area contributed by atoms with Gasteiger partial charge >= 0.3 is 0 Å². The summed E-state index contributed by atoms with van der Waals surface area (Å²) in [5.41, 5.74) is 6.44. The van der Waals surface area contributed by atoms with Crippen molar-refractivity contribution in [3.63, 3.8) is 0 Å². The Balaban J connectivity index is 2.78. The Labute approximate surface area is 60.2 Å². The minimum Gasteiger partial charge on any atom is -0.323 e. The molecule has 1 aromatic heterocycles. The van der Waals surface area contributed by atoms with Crippen LogP contribution < -0.4 is 5.73 Å². The van der Waals surface area contributed by atoms with Crippen molar-refractivity contribution in [1.82, 2.24) is 9.55 Å². The summed E-state index contributed by atoms with van der Waals surface area (Å²) in [5, 5.41) is 0. The van der Waals surface area contributed by atoms with Gasteiger partial charge in [-0.2, -0.15) is 0 Å². The van der Waals surface area contributed by atoms with Crippen LogP contribution in [0.15, 0.2) is 25.3 Å². The summed E-state index contributed by atoms with van der Waals surface area (Å²) >= 11 is 0. The van der Waals surface area contributed by atoms with Crippen molar-refractivity contribution in [1.29, 1.82) is 0 Å². The zero-order valence-electron chi connectivity index (χ0n) is 5.99. The maximum absolute atomic E-state index is 5.58. The second-order valence-electron chi connectivity index (χ2n) is 2.25. The Bertz CT molecular complexity index is 211. The smallest absolute Gasteiger partial charge is 0.0989 e. The highest BCUT2D eigenvalue weighted by Gasteiger charge is 2.00. The van der Waals surface area contributed by atoms with E-state index in [1.165, 1.54) is 0 Å². The molecule has 1 aromatic rings. The van der Waals surface area contributed by atoms with E-state index in [4.69, 9.17) is 5.73 Å². The Kier molecular flexibility index (Phi) is 1.87. The molecular weight excluding hydrogens is 126 g/mol. The molecule has 0 aliphatic carbocycles. The summed E-state index contributed by atoms with van der Waals surface area (Å²) in [7, 11) is 0. The van der Waals surface area contributed by atoms with Gasteiger partial charge in [0.2, 0.25) is 0 Å². The van der Waals surface area contributed by atoms with Crippen LogP contribution in [-0.4, -0.2) is 15.6 Å². The van der Waals surface area contributed by atoms with Crippen LogP contribution in [0.4, 0.5) is 0 Å². The van der Waals surface area contributed by atoms with E-state index in [0.29, 0.717) is 0 Å². The molecule has 0 bridgehead atoms. The molecule has 1 unspecified atom stereocenters.